The third-order valence-electron chi connectivity index (χ3n) is 11.1. The van der Waals surface area contributed by atoms with Gasteiger partial charge in [-0.05, 0) is 63.9 Å². The zero-order chi connectivity index (χ0) is 44.6. The molecule has 0 aliphatic rings. The van der Waals surface area contributed by atoms with Crippen molar-refractivity contribution in [2.75, 3.05) is 6.54 Å². The number of carbonyl (C=O) groups is 6. The molecule has 13 nitrogen and oxygen atoms in total. The lowest BCUT2D eigenvalue weighted by Crippen LogP contribution is -2.58. The minimum atomic E-state index is -1.00. The van der Waals surface area contributed by atoms with Gasteiger partial charge in [0.25, 0.3) is 0 Å². The van der Waals surface area contributed by atoms with E-state index < -0.39 is 65.8 Å². The SMILES string of the molecule is CC[C@H](NCC(Cc1ccccc1)NC(=O)[C@H](CC)NC(=O)[C@H](Cc1cccc2ccccc12)NC(C)=O)C(=O)N[C@@H](CC)C(=O)N[C@@H](Cc1cccc2ccccc12)C(N)=O. The highest BCUT2D eigenvalue weighted by Crippen LogP contribution is 2.21. The second kappa shape index (κ2) is 22.8. The summed E-state index contributed by atoms with van der Waals surface area (Å²) in [5.74, 6) is -2.91. The maximum atomic E-state index is 13.9. The van der Waals surface area contributed by atoms with Crippen LogP contribution in [0.1, 0.15) is 63.6 Å². The van der Waals surface area contributed by atoms with Crippen LogP contribution in [0, 0.1) is 0 Å². The number of hydrogen-bond donors (Lipinski definition) is 7. The molecule has 0 aliphatic heterocycles. The van der Waals surface area contributed by atoms with Crippen LogP contribution in [0.4, 0.5) is 0 Å². The molecule has 0 saturated carbocycles. The van der Waals surface area contributed by atoms with E-state index in [0.29, 0.717) is 12.8 Å². The van der Waals surface area contributed by atoms with Gasteiger partial charge in [0.05, 0.1) is 6.04 Å². The molecule has 6 atom stereocenters. The van der Waals surface area contributed by atoms with Crippen LogP contribution >= 0.6 is 0 Å². The van der Waals surface area contributed by atoms with Gasteiger partial charge in [0.1, 0.15) is 24.2 Å². The second-order valence-corrected chi connectivity index (χ2v) is 15.6. The summed E-state index contributed by atoms with van der Waals surface area (Å²) in [4.78, 5) is 79.7. The van der Waals surface area contributed by atoms with Gasteiger partial charge in [-0.25, -0.2) is 0 Å². The Morgan fingerprint density at radius 2 is 0.903 bits per heavy atom. The zero-order valence-electron chi connectivity index (χ0n) is 35.9. The topological polar surface area (TPSA) is 201 Å². The Hall–Kier alpha value is -6.60. The third kappa shape index (κ3) is 13.0. The van der Waals surface area contributed by atoms with E-state index in [9.17, 15) is 28.8 Å². The van der Waals surface area contributed by atoms with Gasteiger partial charge in [-0.15, -0.1) is 0 Å². The van der Waals surface area contributed by atoms with Gasteiger partial charge in [0, 0.05) is 32.4 Å². The summed E-state index contributed by atoms with van der Waals surface area (Å²) in [5, 5.41) is 21.5. The van der Waals surface area contributed by atoms with Crippen molar-refractivity contribution in [2.24, 2.45) is 5.73 Å². The first-order chi connectivity index (χ1) is 29.9. The summed E-state index contributed by atoms with van der Waals surface area (Å²) >= 11 is 0. The molecule has 0 aromatic heterocycles. The number of benzene rings is 5. The number of amides is 6. The van der Waals surface area contributed by atoms with Crippen molar-refractivity contribution in [1.29, 1.82) is 0 Å². The summed E-state index contributed by atoms with van der Waals surface area (Å²) in [7, 11) is 0. The van der Waals surface area contributed by atoms with Crippen molar-refractivity contribution in [3.8, 4) is 0 Å². The van der Waals surface area contributed by atoms with Gasteiger partial charge in [-0.3, -0.25) is 28.8 Å². The van der Waals surface area contributed by atoms with Crippen LogP contribution in [0.2, 0.25) is 0 Å². The highest BCUT2D eigenvalue weighted by Gasteiger charge is 2.30. The van der Waals surface area contributed by atoms with Crippen molar-refractivity contribution < 1.29 is 28.8 Å². The molecule has 0 radical (unpaired) electrons. The molecule has 5 aromatic rings. The molecule has 62 heavy (non-hydrogen) atoms. The summed E-state index contributed by atoms with van der Waals surface area (Å²) in [6.07, 6.45) is 1.74. The molecule has 0 fully saturated rings. The summed E-state index contributed by atoms with van der Waals surface area (Å²) < 4.78 is 0. The van der Waals surface area contributed by atoms with Gasteiger partial charge in [-0.1, -0.05) is 136 Å². The van der Waals surface area contributed by atoms with E-state index in [1.54, 1.807) is 13.8 Å². The van der Waals surface area contributed by atoms with Gasteiger partial charge in [0.2, 0.25) is 35.4 Å². The molecule has 0 spiro atoms. The van der Waals surface area contributed by atoms with Crippen LogP contribution in [-0.2, 0) is 48.0 Å². The molecule has 0 bridgehead atoms. The maximum Gasteiger partial charge on any atom is 0.243 e. The first kappa shape index (κ1) is 46.5. The average Bonchev–Trinajstić information content (AvgIpc) is 3.27. The first-order valence-electron chi connectivity index (χ1n) is 21.4. The van der Waals surface area contributed by atoms with Gasteiger partial charge in [0.15, 0.2) is 0 Å². The largest absolute Gasteiger partial charge is 0.368 e. The van der Waals surface area contributed by atoms with Crippen LogP contribution < -0.4 is 37.6 Å². The number of fused-ring (bicyclic) bond motifs is 2. The Bertz CT molecular complexity index is 2330. The zero-order valence-corrected chi connectivity index (χ0v) is 35.9. The molecule has 5 aromatic carbocycles. The van der Waals surface area contributed by atoms with Crippen molar-refractivity contribution in [3.63, 3.8) is 0 Å². The Balaban J connectivity index is 1.23. The first-order valence-corrected chi connectivity index (χ1v) is 21.4. The molecule has 1 unspecified atom stereocenters. The van der Waals surface area contributed by atoms with E-state index in [0.717, 1.165) is 38.2 Å². The van der Waals surface area contributed by atoms with Crippen LogP contribution in [0.3, 0.4) is 0 Å². The van der Waals surface area contributed by atoms with Crippen molar-refractivity contribution in [1.82, 2.24) is 31.9 Å². The van der Waals surface area contributed by atoms with Crippen LogP contribution in [-0.4, -0.2) is 78.2 Å². The quantitative estimate of drug-likeness (QED) is 0.0543. The molecule has 0 saturated heterocycles. The molecule has 0 heterocycles. The third-order valence-corrected chi connectivity index (χ3v) is 11.1. The van der Waals surface area contributed by atoms with Crippen LogP contribution in [0.15, 0.2) is 115 Å². The van der Waals surface area contributed by atoms with Crippen molar-refractivity contribution in [2.45, 2.75) is 102 Å². The molecule has 8 N–H and O–H groups in total. The standard InChI is InChI=1S/C49H59N7O6/c1-5-40(46(59)54-42(7-3)48(61)56-43(45(50)58)28-35-23-15-21-33-19-11-13-25-38(33)35)51-30-37(27-32-17-9-8-10-18-32)53-47(60)41(6-2)55-49(62)44(52-31(4)57)29-36-24-16-22-34-20-12-14-26-39(34)36/h8-26,37,40-44,51H,5-7,27-30H2,1-4H3,(H2,50,58)(H,52,57)(H,53,60)(H,54,59)(H,55,62)(H,56,61)/t37?,40-,41-,42-,43-,44-/m0/s1. The van der Waals surface area contributed by atoms with E-state index in [1.807, 2.05) is 122 Å². The lowest BCUT2D eigenvalue weighted by molar-refractivity contribution is -0.132. The Morgan fingerprint density at radius 1 is 0.468 bits per heavy atom. The molecule has 6 amide bonds. The number of carbonyl (C=O) groups excluding carboxylic acids is 6. The highest BCUT2D eigenvalue weighted by molar-refractivity contribution is 5.95. The van der Waals surface area contributed by atoms with Gasteiger partial charge in [-0.2, -0.15) is 0 Å². The number of hydrogen-bond acceptors (Lipinski definition) is 7. The minimum Gasteiger partial charge on any atom is -0.368 e. The number of primary amides is 1. The van der Waals surface area contributed by atoms with Crippen molar-refractivity contribution >= 4 is 57.0 Å². The van der Waals surface area contributed by atoms with E-state index in [2.05, 4.69) is 31.9 Å². The van der Waals surface area contributed by atoms with E-state index >= 15 is 0 Å². The lowest BCUT2D eigenvalue weighted by atomic mass is 9.98. The fourth-order valence-corrected chi connectivity index (χ4v) is 7.66. The predicted octanol–water partition coefficient (Wildman–Crippen LogP) is 4.14. The fourth-order valence-electron chi connectivity index (χ4n) is 7.66. The van der Waals surface area contributed by atoms with E-state index in [-0.39, 0.29) is 38.1 Å². The normalized spacial score (nSPS) is 14.1. The summed E-state index contributed by atoms with van der Waals surface area (Å²) in [6.45, 7) is 6.93. The Kier molecular flexibility index (Phi) is 17.1. The monoisotopic (exact) mass is 841 g/mol. The van der Waals surface area contributed by atoms with Gasteiger partial charge < -0.3 is 37.6 Å². The number of nitrogens with one attached hydrogen (secondary N) is 6. The highest BCUT2D eigenvalue weighted by atomic mass is 16.2. The molecular weight excluding hydrogens is 783 g/mol. The Labute approximate surface area is 363 Å². The van der Waals surface area contributed by atoms with E-state index in [4.69, 9.17) is 5.73 Å². The average molecular weight is 842 g/mol. The van der Waals surface area contributed by atoms with Crippen LogP contribution in [0.5, 0.6) is 0 Å². The molecule has 13 heteroatoms. The lowest BCUT2D eigenvalue weighted by Gasteiger charge is -2.27. The Morgan fingerprint density at radius 3 is 1.42 bits per heavy atom. The minimum absolute atomic E-state index is 0.185. The van der Waals surface area contributed by atoms with Crippen molar-refractivity contribution in [3.05, 3.63) is 132 Å². The molecule has 5 rings (SSSR count). The fraction of sp³-hybridized carbons (Fsp3) is 0.347. The molecule has 0 aliphatic carbocycles. The second-order valence-electron chi connectivity index (χ2n) is 15.6. The number of rotatable bonds is 22. The molecule has 326 valence electrons. The summed E-state index contributed by atoms with van der Waals surface area (Å²) in [6, 6.07) is 31.7. The van der Waals surface area contributed by atoms with E-state index in [1.165, 1.54) is 6.92 Å². The predicted molar refractivity (Wildman–Crippen MR) is 243 cm³/mol. The summed E-state index contributed by atoms with van der Waals surface area (Å²) in [5.41, 5.74) is 8.45. The van der Waals surface area contributed by atoms with Gasteiger partial charge >= 0.3 is 0 Å². The van der Waals surface area contributed by atoms with Crippen LogP contribution in [0.25, 0.3) is 21.5 Å². The smallest absolute Gasteiger partial charge is 0.243 e. The number of nitrogens with two attached hydrogens (primary N) is 1. The molecular formula is C49H59N7O6. The maximum absolute atomic E-state index is 13.9.